The third-order valence-electron chi connectivity index (χ3n) is 5.61. The van der Waals surface area contributed by atoms with Gasteiger partial charge in [0, 0.05) is 34.6 Å². The molecule has 6 nitrogen and oxygen atoms in total. The van der Waals surface area contributed by atoms with Gasteiger partial charge in [0.1, 0.15) is 17.1 Å². The van der Waals surface area contributed by atoms with Crippen LogP contribution >= 0.6 is 0 Å². The number of hydrogen-bond acceptors (Lipinski definition) is 4. The van der Waals surface area contributed by atoms with Crippen LogP contribution in [0.2, 0.25) is 0 Å². The summed E-state index contributed by atoms with van der Waals surface area (Å²) in [7, 11) is 0. The molecule has 5 rings (SSSR count). The van der Waals surface area contributed by atoms with Crippen molar-refractivity contribution in [1.29, 1.82) is 0 Å². The van der Waals surface area contributed by atoms with Crippen LogP contribution in [0.4, 0.5) is 0 Å². The van der Waals surface area contributed by atoms with Gasteiger partial charge in [0.15, 0.2) is 5.78 Å². The van der Waals surface area contributed by atoms with Crippen LogP contribution < -0.4 is 5.32 Å². The molecule has 2 aromatic heterocycles. The highest BCUT2D eigenvalue weighted by Gasteiger charge is 2.32. The fraction of sp³-hybridized carbons (Fsp3) is 0.208. The summed E-state index contributed by atoms with van der Waals surface area (Å²) in [6, 6.07) is 19.0. The maximum atomic E-state index is 12.9. The van der Waals surface area contributed by atoms with E-state index in [1.54, 1.807) is 12.1 Å². The molecule has 0 spiro atoms. The monoisotopic (exact) mass is 399 g/mol. The number of benzene rings is 2. The van der Waals surface area contributed by atoms with Crippen LogP contribution in [0, 0.1) is 0 Å². The van der Waals surface area contributed by atoms with E-state index in [4.69, 9.17) is 4.52 Å². The Morgan fingerprint density at radius 3 is 2.73 bits per heavy atom. The number of rotatable bonds is 4. The van der Waals surface area contributed by atoms with E-state index in [-0.39, 0.29) is 23.7 Å². The average Bonchev–Trinajstić information content (AvgIpc) is 3.36. The SMILES string of the molecule is CC1(C)CNC(=O)c2cc3ccc(C(=O)Cc4cc(-c5ccccc5)no4)cc3n21. The number of hydrogen-bond donors (Lipinski definition) is 1. The van der Waals surface area contributed by atoms with E-state index in [1.807, 2.05) is 53.1 Å². The summed E-state index contributed by atoms with van der Waals surface area (Å²) in [5.41, 5.74) is 3.47. The first-order chi connectivity index (χ1) is 14.4. The summed E-state index contributed by atoms with van der Waals surface area (Å²) >= 11 is 0. The minimum absolute atomic E-state index is 0.0544. The molecule has 0 radical (unpaired) electrons. The molecule has 0 saturated heterocycles. The molecule has 2 aromatic carbocycles. The highest BCUT2D eigenvalue weighted by molar-refractivity contribution is 6.03. The van der Waals surface area contributed by atoms with Gasteiger partial charge < -0.3 is 14.4 Å². The van der Waals surface area contributed by atoms with Crippen molar-refractivity contribution in [1.82, 2.24) is 15.0 Å². The van der Waals surface area contributed by atoms with Gasteiger partial charge in [-0.2, -0.15) is 0 Å². The smallest absolute Gasteiger partial charge is 0.268 e. The van der Waals surface area contributed by atoms with E-state index < -0.39 is 0 Å². The zero-order valence-corrected chi connectivity index (χ0v) is 16.8. The molecule has 0 aliphatic carbocycles. The molecule has 0 bridgehead atoms. The van der Waals surface area contributed by atoms with E-state index in [9.17, 15) is 9.59 Å². The zero-order valence-electron chi connectivity index (χ0n) is 16.8. The first kappa shape index (κ1) is 18.4. The van der Waals surface area contributed by atoms with E-state index >= 15 is 0 Å². The maximum absolute atomic E-state index is 12.9. The Balaban J connectivity index is 1.46. The van der Waals surface area contributed by atoms with Gasteiger partial charge in [0.2, 0.25) is 0 Å². The lowest BCUT2D eigenvalue weighted by Gasteiger charge is -2.34. The van der Waals surface area contributed by atoms with E-state index in [0.29, 0.717) is 29.3 Å². The quantitative estimate of drug-likeness (QED) is 0.522. The number of Topliss-reactive ketones (excluding diaryl/α,β-unsaturated/α-hetero) is 1. The van der Waals surface area contributed by atoms with Crippen LogP contribution in [-0.4, -0.2) is 28.0 Å². The number of nitrogens with one attached hydrogen (secondary N) is 1. The van der Waals surface area contributed by atoms with Crippen molar-refractivity contribution < 1.29 is 14.1 Å². The number of ketones is 1. The number of carbonyl (C=O) groups excluding carboxylic acids is 2. The molecular weight excluding hydrogens is 378 g/mol. The Bertz CT molecular complexity index is 1280. The van der Waals surface area contributed by atoms with Crippen LogP contribution in [0.15, 0.2) is 65.2 Å². The van der Waals surface area contributed by atoms with Crippen molar-refractivity contribution in [3.05, 3.63) is 77.7 Å². The van der Waals surface area contributed by atoms with Crippen molar-refractivity contribution in [2.75, 3.05) is 6.54 Å². The van der Waals surface area contributed by atoms with Gasteiger partial charge in [-0.05, 0) is 26.0 Å². The van der Waals surface area contributed by atoms with E-state index in [1.165, 1.54) is 0 Å². The fourth-order valence-corrected chi connectivity index (χ4v) is 4.06. The molecule has 1 N–H and O–H groups in total. The summed E-state index contributed by atoms with van der Waals surface area (Å²) in [4.78, 5) is 25.2. The van der Waals surface area contributed by atoms with Gasteiger partial charge in [-0.15, -0.1) is 0 Å². The first-order valence-corrected chi connectivity index (χ1v) is 9.91. The zero-order chi connectivity index (χ0) is 20.9. The van der Waals surface area contributed by atoms with Crippen molar-refractivity contribution in [2.45, 2.75) is 25.8 Å². The Hall–Kier alpha value is -3.67. The minimum atomic E-state index is -0.276. The normalized spacial score (nSPS) is 15.1. The van der Waals surface area contributed by atoms with Crippen molar-refractivity contribution in [3.8, 4) is 11.3 Å². The number of carbonyl (C=O) groups is 2. The summed E-state index contributed by atoms with van der Waals surface area (Å²) in [5, 5.41) is 7.96. The molecule has 150 valence electrons. The summed E-state index contributed by atoms with van der Waals surface area (Å²) in [6.07, 6.45) is 0.128. The second-order valence-corrected chi connectivity index (χ2v) is 8.28. The molecule has 0 atom stereocenters. The van der Waals surface area contributed by atoms with Gasteiger partial charge in [0.25, 0.3) is 5.91 Å². The van der Waals surface area contributed by atoms with Gasteiger partial charge in [0.05, 0.1) is 12.0 Å². The summed E-state index contributed by atoms with van der Waals surface area (Å²) in [5.74, 6) is 0.380. The maximum Gasteiger partial charge on any atom is 0.268 e. The largest absolute Gasteiger partial charge is 0.360 e. The molecular formula is C24H21N3O3. The molecule has 30 heavy (non-hydrogen) atoms. The summed E-state index contributed by atoms with van der Waals surface area (Å²) in [6.45, 7) is 4.69. The standard InChI is InChI=1S/C24H21N3O3/c1-24(2)14-25-23(29)21-10-16-8-9-17(11-20(16)27(21)24)22(28)13-18-12-19(26-30-18)15-6-4-3-5-7-15/h3-12H,13-14H2,1-2H3,(H,25,29). The van der Waals surface area contributed by atoms with Crippen molar-refractivity contribution >= 4 is 22.6 Å². The van der Waals surface area contributed by atoms with Gasteiger partial charge in [-0.1, -0.05) is 47.6 Å². The fourth-order valence-electron chi connectivity index (χ4n) is 4.06. The molecule has 0 saturated carbocycles. The summed E-state index contributed by atoms with van der Waals surface area (Å²) < 4.78 is 7.42. The number of fused-ring (bicyclic) bond motifs is 3. The predicted octanol–water partition coefficient (Wildman–Crippen LogP) is 4.20. The van der Waals surface area contributed by atoms with Gasteiger partial charge in [-0.3, -0.25) is 9.59 Å². The van der Waals surface area contributed by atoms with E-state index in [0.717, 1.165) is 16.5 Å². The molecule has 4 aromatic rings. The van der Waals surface area contributed by atoms with Crippen molar-refractivity contribution in [2.24, 2.45) is 0 Å². The molecule has 1 aliphatic heterocycles. The molecule has 3 heterocycles. The molecule has 1 aliphatic rings. The lowest BCUT2D eigenvalue weighted by Crippen LogP contribution is -2.47. The number of amides is 1. The second-order valence-electron chi connectivity index (χ2n) is 8.28. The Morgan fingerprint density at radius 1 is 1.13 bits per heavy atom. The van der Waals surface area contributed by atoms with Crippen LogP contribution in [0.3, 0.4) is 0 Å². The second kappa shape index (κ2) is 6.69. The Morgan fingerprint density at radius 2 is 1.93 bits per heavy atom. The Labute approximate surface area is 173 Å². The van der Waals surface area contributed by atoms with Crippen molar-refractivity contribution in [3.63, 3.8) is 0 Å². The van der Waals surface area contributed by atoms with Crippen LogP contribution in [-0.2, 0) is 12.0 Å². The third kappa shape index (κ3) is 3.01. The average molecular weight is 399 g/mol. The minimum Gasteiger partial charge on any atom is -0.360 e. The number of nitrogens with zero attached hydrogens (tertiary/aromatic N) is 2. The predicted molar refractivity (Wildman–Crippen MR) is 114 cm³/mol. The highest BCUT2D eigenvalue weighted by Crippen LogP contribution is 2.31. The first-order valence-electron chi connectivity index (χ1n) is 9.91. The molecule has 6 heteroatoms. The number of aromatic nitrogens is 2. The topological polar surface area (TPSA) is 77.1 Å². The molecule has 1 amide bonds. The highest BCUT2D eigenvalue weighted by atomic mass is 16.5. The lowest BCUT2D eigenvalue weighted by molar-refractivity contribution is 0.0891. The Kier molecular flexibility index (Phi) is 4.10. The lowest BCUT2D eigenvalue weighted by atomic mass is 10.0. The van der Waals surface area contributed by atoms with Gasteiger partial charge in [-0.25, -0.2) is 0 Å². The van der Waals surface area contributed by atoms with E-state index in [2.05, 4.69) is 24.3 Å². The van der Waals surface area contributed by atoms with Crippen LogP contribution in [0.25, 0.3) is 22.2 Å². The van der Waals surface area contributed by atoms with Crippen LogP contribution in [0.5, 0.6) is 0 Å². The van der Waals surface area contributed by atoms with Crippen LogP contribution in [0.1, 0.15) is 40.5 Å². The third-order valence-corrected chi connectivity index (χ3v) is 5.61. The molecule has 0 fully saturated rings. The molecule has 0 unspecified atom stereocenters. The van der Waals surface area contributed by atoms with Gasteiger partial charge >= 0.3 is 0 Å².